The van der Waals surface area contributed by atoms with Crippen LogP contribution in [0.2, 0.25) is 0 Å². The van der Waals surface area contributed by atoms with E-state index in [-0.39, 0.29) is 5.91 Å². The number of amides is 1. The van der Waals surface area contributed by atoms with E-state index in [9.17, 15) is 14.7 Å². The zero-order valence-corrected chi connectivity index (χ0v) is 14.3. The molecule has 1 aliphatic carbocycles. The third kappa shape index (κ3) is 3.02. The molecule has 0 saturated heterocycles. The van der Waals surface area contributed by atoms with Gasteiger partial charge in [-0.05, 0) is 32.6 Å². The Labute approximate surface area is 135 Å². The molecule has 1 heterocycles. The number of aryl methyl sites for hydroxylation is 2. The molecule has 0 bridgehead atoms. The third-order valence-corrected chi connectivity index (χ3v) is 5.73. The van der Waals surface area contributed by atoms with Crippen molar-refractivity contribution in [1.82, 2.24) is 9.88 Å². The van der Waals surface area contributed by atoms with E-state index in [1.807, 2.05) is 6.92 Å². The van der Waals surface area contributed by atoms with Crippen molar-refractivity contribution in [2.45, 2.75) is 64.3 Å². The number of likely N-dealkylation sites (N-methyl/N-ethyl adjacent to an activating group) is 1. The number of carbonyl (C=O) groups excluding carboxylic acids is 1. The van der Waals surface area contributed by atoms with Gasteiger partial charge in [-0.25, -0.2) is 9.78 Å². The summed E-state index contributed by atoms with van der Waals surface area (Å²) in [6.07, 6.45) is 5.65. The molecule has 0 atom stereocenters. The first kappa shape index (κ1) is 16.9. The molecule has 0 aliphatic heterocycles. The maximum atomic E-state index is 12.8. The van der Waals surface area contributed by atoms with Crippen molar-refractivity contribution in [2.24, 2.45) is 0 Å². The molecule has 1 aromatic rings. The highest BCUT2D eigenvalue weighted by molar-refractivity contribution is 7.13. The summed E-state index contributed by atoms with van der Waals surface area (Å²) in [4.78, 5) is 31.1. The lowest BCUT2D eigenvalue weighted by Gasteiger charge is -2.40. The van der Waals surface area contributed by atoms with Gasteiger partial charge in [0.1, 0.15) is 10.4 Å². The number of carboxylic acid groups (broad SMARTS) is 1. The van der Waals surface area contributed by atoms with E-state index in [1.54, 1.807) is 7.05 Å². The lowest BCUT2D eigenvalue weighted by molar-refractivity contribution is -0.151. The van der Waals surface area contributed by atoms with E-state index in [4.69, 9.17) is 0 Å². The number of thiazole rings is 1. The molecule has 1 fully saturated rings. The van der Waals surface area contributed by atoms with Crippen LogP contribution in [0, 0.1) is 6.92 Å². The first-order valence-corrected chi connectivity index (χ1v) is 8.72. The SMILES string of the molecule is CCCc1nc(C)c(C(=O)N(C)C2(C(=O)O)CCCCC2)s1. The Morgan fingerprint density at radius 1 is 1.32 bits per heavy atom. The Hall–Kier alpha value is -1.43. The number of aliphatic carboxylic acids is 1. The summed E-state index contributed by atoms with van der Waals surface area (Å²) < 4.78 is 0. The van der Waals surface area contributed by atoms with Crippen LogP contribution in [-0.2, 0) is 11.2 Å². The maximum Gasteiger partial charge on any atom is 0.329 e. The minimum atomic E-state index is -1.06. The topological polar surface area (TPSA) is 70.5 Å². The van der Waals surface area contributed by atoms with E-state index in [0.29, 0.717) is 23.4 Å². The molecule has 1 N–H and O–H groups in total. The van der Waals surface area contributed by atoms with Gasteiger partial charge in [0, 0.05) is 7.05 Å². The first-order chi connectivity index (χ1) is 10.4. The molecular formula is C16H24N2O3S. The average Bonchev–Trinajstić information content (AvgIpc) is 2.87. The molecule has 2 rings (SSSR count). The van der Waals surface area contributed by atoms with Crippen LogP contribution in [0.5, 0.6) is 0 Å². The summed E-state index contributed by atoms with van der Waals surface area (Å²) in [5.41, 5.74) is -0.349. The number of hydrogen-bond donors (Lipinski definition) is 1. The predicted molar refractivity (Wildman–Crippen MR) is 86.4 cm³/mol. The molecule has 1 amide bonds. The fourth-order valence-corrected chi connectivity index (χ4v) is 4.29. The van der Waals surface area contributed by atoms with Crippen LogP contribution in [0.3, 0.4) is 0 Å². The van der Waals surface area contributed by atoms with Gasteiger partial charge in [-0.3, -0.25) is 4.79 Å². The van der Waals surface area contributed by atoms with Crippen LogP contribution < -0.4 is 0 Å². The van der Waals surface area contributed by atoms with Gasteiger partial charge >= 0.3 is 5.97 Å². The highest BCUT2D eigenvalue weighted by Crippen LogP contribution is 2.35. The fourth-order valence-electron chi connectivity index (χ4n) is 3.15. The molecule has 6 heteroatoms. The van der Waals surface area contributed by atoms with Crippen LogP contribution in [0.1, 0.15) is 65.8 Å². The van der Waals surface area contributed by atoms with Crippen molar-refractivity contribution in [3.05, 3.63) is 15.6 Å². The maximum absolute atomic E-state index is 12.8. The van der Waals surface area contributed by atoms with Crippen LogP contribution in [0.25, 0.3) is 0 Å². The fraction of sp³-hybridized carbons (Fsp3) is 0.688. The van der Waals surface area contributed by atoms with Gasteiger partial charge in [0.05, 0.1) is 10.7 Å². The first-order valence-electron chi connectivity index (χ1n) is 7.90. The third-order valence-electron chi connectivity index (χ3n) is 4.52. The van der Waals surface area contributed by atoms with Gasteiger partial charge < -0.3 is 10.0 Å². The lowest BCUT2D eigenvalue weighted by atomic mass is 9.80. The van der Waals surface area contributed by atoms with Gasteiger partial charge in [-0.2, -0.15) is 0 Å². The van der Waals surface area contributed by atoms with E-state index in [2.05, 4.69) is 11.9 Å². The van der Waals surface area contributed by atoms with Gasteiger partial charge in [-0.1, -0.05) is 26.2 Å². The number of rotatable bonds is 5. The van der Waals surface area contributed by atoms with E-state index >= 15 is 0 Å². The Kier molecular flexibility index (Phi) is 5.21. The zero-order chi connectivity index (χ0) is 16.3. The largest absolute Gasteiger partial charge is 0.479 e. The molecule has 1 aliphatic rings. The molecular weight excluding hydrogens is 300 g/mol. The summed E-state index contributed by atoms with van der Waals surface area (Å²) in [6.45, 7) is 3.90. The Balaban J connectivity index is 2.28. The number of carboxylic acids is 1. The van der Waals surface area contributed by atoms with Gasteiger partial charge in [-0.15, -0.1) is 11.3 Å². The average molecular weight is 324 g/mol. The number of hydrogen-bond acceptors (Lipinski definition) is 4. The summed E-state index contributed by atoms with van der Waals surface area (Å²) in [6, 6.07) is 0. The minimum absolute atomic E-state index is 0.207. The van der Waals surface area contributed by atoms with E-state index in [1.165, 1.54) is 16.2 Å². The lowest BCUT2D eigenvalue weighted by Crippen LogP contribution is -2.56. The molecule has 5 nitrogen and oxygen atoms in total. The van der Waals surface area contributed by atoms with E-state index < -0.39 is 11.5 Å². The Morgan fingerprint density at radius 2 is 1.95 bits per heavy atom. The highest BCUT2D eigenvalue weighted by atomic mass is 32.1. The molecule has 1 saturated carbocycles. The summed E-state index contributed by atoms with van der Waals surface area (Å²) in [7, 11) is 1.63. The molecule has 122 valence electrons. The summed E-state index contributed by atoms with van der Waals surface area (Å²) >= 11 is 1.40. The van der Waals surface area contributed by atoms with Crippen molar-refractivity contribution >= 4 is 23.2 Å². The zero-order valence-electron chi connectivity index (χ0n) is 13.5. The van der Waals surface area contributed by atoms with Gasteiger partial charge in [0.25, 0.3) is 5.91 Å². The summed E-state index contributed by atoms with van der Waals surface area (Å²) in [5, 5.41) is 10.7. The smallest absolute Gasteiger partial charge is 0.329 e. The van der Waals surface area contributed by atoms with Gasteiger partial charge in [0.2, 0.25) is 0 Å². The normalized spacial score (nSPS) is 17.2. The number of carbonyl (C=O) groups is 2. The predicted octanol–water partition coefficient (Wildman–Crippen LogP) is 3.26. The van der Waals surface area contributed by atoms with E-state index in [0.717, 1.165) is 37.1 Å². The van der Waals surface area contributed by atoms with Crippen LogP contribution in [0.4, 0.5) is 0 Å². The van der Waals surface area contributed by atoms with Crippen molar-refractivity contribution in [1.29, 1.82) is 0 Å². The summed E-state index contributed by atoms with van der Waals surface area (Å²) in [5.74, 6) is -1.10. The molecule has 0 radical (unpaired) electrons. The van der Waals surface area contributed by atoms with Crippen molar-refractivity contribution in [3.8, 4) is 0 Å². The number of aromatic nitrogens is 1. The molecule has 0 unspecified atom stereocenters. The van der Waals surface area contributed by atoms with Crippen molar-refractivity contribution in [2.75, 3.05) is 7.05 Å². The quantitative estimate of drug-likeness (QED) is 0.902. The van der Waals surface area contributed by atoms with Gasteiger partial charge in [0.15, 0.2) is 0 Å². The molecule has 0 spiro atoms. The second kappa shape index (κ2) is 6.77. The Morgan fingerprint density at radius 3 is 2.50 bits per heavy atom. The monoisotopic (exact) mass is 324 g/mol. The van der Waals surface area contributed by atoms with Crippen LogP contribution >= 0.6 is 11.3 Å². The highest BCUT2D eigenvalue weighted by Gasteiger charge is 2.46. The van der Waals surface area contributed by atoms with Crippen LogP contribution in [0.15, 0.2) is 0 Å². The molecule has 1 aromatic heterocycles. The molecule has 22 heavy (non-hydrogen) atoms. The van der Waals surface area contributed by atoms with Crippen molar-refractivity contribution < 1.29 is 14.7 Å². The second-order valence-corrected chi connectivity index (χ2v) is 7.12. The van der Waals surface area contributed by atoms with Crippen LogP contribution in [-0.4, -0.2) is 39.5 Å². The second-order valence-electron chi connectivity index (χ2n) is 6.03. The standard InChI is InChI=1S/C16H24N2O3S/c1-4-8-12-17-11(2)13(22-12)14(19)18(3)16(15(20)21)9-6-5-7-10-16/h4-10H2,1-3H3,(H,20,21). The Bertz CT molecular complexity index is 562. The molecule has 0 aromatic carbocycles. The number of nitrogens with zero attached hydrogens (tertiary/aromatic N) is 2. The van der Waals surface area contributed by atoms with Crippen molar-refractivity contribution in [3.63, 3.8) is 0 Å². The minimum Gasteiger partial charge on any atom is -0.479 e.